The minimum absolute atomic E-state index is 0.0845. The Balaban J connectivity index is 2.73. The average Bonchev–Trinajstić information content (AvgIpc) is 2.66. The van der Waals surface area contributed by atoms with Crippen LogP contribution in [-0.2, 0) is 10.2 Å². The average molecular weight is 384 g/mol. The quantitative estimate of drug-likeness (QED) is 0.635. The Labute approximate surface area is 168 Å². The predicted molar refractivity (Wildman–Crippen MR) is 114 cm³/mol. The molecule has 2 N–H and O–H groups in total. The molecule has 4 nitrogen and oxygen atoms in total. The van der Waals surface area contributed by atoms with Crippen molar-refractivity contribution in [3.8, 4) is 11.5 Å². The molecule has 0 bridgehead atoms. The summed E-state index contributed by atoms with van der Waals surface area (Å²) in [5, 5.41) is 19.6. The van der Waals surface area contributed by atoms with Crippen LogP contribution < -0.4 is 0 Å². The van der Waals surface area contributed by atoms with Crippen molar-refractivity contribution in [2.45, 2.75) is 52.4 Å². The molecule has 0 heterocycles. The Morgan fingerprint density at radius 1 is 0.857 bits per heavy atom. The summed E-state index contributed by atoms with van der Waals surface area (Å²) in [5.74, 6) is 0.719. The summed E-state index contributed by atoms with van der Waals surface area (Å²) in [7, 11) is 0. The van der Waals surface area contributed by atoms with Gasteiger partial charge in [0.25, 0.3) is 0 Å². The number of carbonyl (C=O) groups is 1. The fraction of sp³-hybridized carbons (Fsp3) is 0.458. The number of carbonyl (C=O) groups excluding carboxylic acids is 1. The molecule has 0 atom stereocenters. The van der Waals surface area contributed by atoms with Gasteiger partial charge in [0.05, 0.1) is 5.41 Å². The van der Waals surface area contributed by atoms with Gasteiger partial charge in [-0.15, -0.1) is 0 Å². The number of phenols is 2. The molecule has 0 unspecified atom stereocenters. The molecule has 152 valence electrons. The zero-order valence-electron chi connectivity index (χ0n) is 17.5. The van der Waals surface area contributed by atoms with Crippen LogP contribution in [-0.4, -0.2) is 34.1 Å². The third kappa shape index (κ3) is 4.67. The van der Waals surface area contributed by atoms with Crippen LogP contribution in [0.4, 0.5) is 0 Å². The highest BCUT2D eigenvalue weighted by Crippen LogP contribution is 2.41. The molecular weight excluding hydrogens is 350 g/mol. The lowest BCUT2D eigenvalue weighted by Gasteiger charge is -2.39. The molecule has 0 spiro atoms. The number of phenolic OH excluding ortho intramolecular Hbond substituents is 2. The molecule has 0 fully saturated rings. The lowest BCUT2D eigenvalue weighted by atomic mass is 9.68. The van der Waals surface area contributed by atoms with Gasteiger partial charge < -0.3 is 15.1 Å². The molecule has 28 heavy (non-hydrogen) atoms. The monoisotopic (exact) mass is 383 g/mol. The highest BCUT2D eigenvalue weighted by molar-refractivity contribution is 5.92. The van der Waals surface area contributed by atoms with Gasteiger partial charge in [0.15, 0.2) is 0 Å². The fourth-order valence-corrected chi connectivity index (χ4v) is 3.97. The molecule has 2 rings (SSSR count). The smallest absolute Gasteiger partial charge is 0.237 e. The van der Waals surface area contributed by atoms with Crippen LogP contribution in [0.1, 0.15) is 58.1 Å². The highest BCUT2D eigenvalue weighted by Gasteiger charge is 2.44. The van der Waals surface area contributed by atoms with E-state index in [1.165, 1.54) is 0 Å². The first-order valence-corrected chi connectivity index (χ1v) is 10.2. The van der Waals surface area contributed by atoms with Gasteiger partial charge in [-0.05, 0) is 60.6 Å². The van der Waals surface area contributed by atoms with E-state index < -0.39 is 5.41 Å². The van der Waals surface area contributed by atoms with Gasteiger partial charge in [-0.1, -0.05) is 52.0 Å². The number of rotatable bonds is 9. The predicted octanol–water partition coefficient (Wildman–Crippen LogP) is 5.08. The van der Waals surface area contributed by atoms with Crippen LogP contribution in [0.3, 0.4) is 0 Å². The summed E-state index contributed by atoms with van der Waals surface area (Å²) in [6.07, 6.45) is 2.44. The van der Waals surface area contributed by atoms with Crippen molar-refractivity contribution >= 4 is 5.91 Å². The van der Waals surface area contributed by atoms with Crippen LogP contribution in [0.25, 0.3) is 0 Å². The normalized spacial score (nSPS) is 11.6. The van der Waals surface area contributed by atoms with E-state index in [1.54, 1.807) is 24.3 Å². The Hall–Kier alpha value is -2.49. The first-order chi connectivity index (χ1) is 13.3. The van der Waals surface area contributed by atoms with Crippen molar-refractivity contribution in [1.82, 2.24) is 4.90 Å². The van der Waals surface area contributed by atoms with Gasteiger partial charge in [0.1, 0.15) is 11.5 Å². The Bertz CT molecular complexity index is 699. The van der Waals surface area contributed by atoms with Gasteiger partial charge in [0.2, 0.25) is 5.91 Å². The zero-order valence-corrected chi connectivity index (χ0v) is 17.5. The molecule has 2 aromatic carbocycles. The SMILES string of the molecule is CCCN(CCC)C(=O)C(CC(C)C)(c1ccc(O)cc1)c1ccc(O)cc1. The van der Waals surface area contributed by atoms with E-state index >= 15 is 0 Å². The van der Waals surface area contributed by atoms with Crippen LogP contribution >= 0.6 is 0 Å². The first kappa shape index (κ1) is 21.8. The summed E-state index contributed by atoms with van der Waals surface area (Å²) in [6.45, 7) is 9.83. The third-order valence-electron chi connectivity index (χ3n) is 5.07. The number of benzene rings is 2. The van der Waals surface area contributed by atoms with Crippen LogP contribution in [0.15, 0.2) is 48.5 Å². The van der Waals surface area contributed by atoms with Crippen LogP contribution in [0.5, 0.6) is 11.5 Å². The second kappa shape index (κ2) is 9.63. The first-order valence-electron chi connectivity index (χ1n) is 10.2. The minimum Gasteiger partial charge on any atom is -0.508 e. The summed E-state index contributed by atoms with van der Waals surface area (Å²) >= 11 is 0. The molecule has 0 aromatic heterocycles. The van der Waals surface area contributed by atoms with E-state index in [0.29, 0.717) is 19.5 Å². The molecule has 0 aliphatic heterocycles. The molecule has 0 saturated heterocycles. The number of hydrogen-bond donors (Lipinski definition) is 2. The standard InChI is InChI=1S/C24H33NO3/c1-5-15-25(16-6-2)23(28)24(17-18(3)4,19-7-11-21(26)12-8-19)20-9-13-22(27)14-10-20/h7-14,18,26-27H,5-6,15-17H2,1-4H3. The minimum atomic E-state index is -0.861. The van der Waals surface area contributed by atoms with Gasteiger partial charge in [-0.25, -0.2) is 0 Å². The maximum absolute atomic E-state index is 14.1. The topological polar surface area (TPSA) is 60.8 Å². The third-order valence-corrected chi connectivity index (χ3v) is 5.07. The maximum Gasteiger partial charge on any atom is 0.237 e. The van der Waals surface area contributed by atoms with E-state index in [1.807, 2.05) is 29.2 Å². The molecule has 0 saturated carbocycles. The molecule has 0 aliphatic rings. The summed E-state index contributed by atoms with van der Waals surface area (Å²) < 4.78 is 0. The molecule has 0 radical (unpaired) electrons. The van der Waals surface area contributed by atoms with E-state index in [2.05, 4.69) is 27.7 Å². The van der Waals surface area contributed by atoms with E-state index in [0.717, 1.165) is 24.0 Å². The lowest BCUT2D eigenvalue weighted by molar-refractivity contribution is -0.136. The molecule has 0 aliphatic carbocycles. The Kier molecular flexibility index (Phi) is 7.50. The van der Waals surface area contributed by atoms with E-state index in [-0.39, 0.29) is 23.3 Å². The van der Waals surface area contributed by atoms with Crippen molar-refractivity contribution in [2.24, 2.45) is 5.92 Å². The van der Waals surface area contributed by atoms with E-state index in [9.17, 15) is 15.0 Å². The Morgan fingerprint density at radius 2 is 1.25 bits per heavy atom. The molecular formula is C24H33NO3. The lowest BCUT2D eigenvalue weighted by Crippen LogP contribution is -2.49. The van der Waals surface area contributed by atoms with Gasteiger partial charge in [0, 0.05) is 13.1 Å². The maximum atomic E-state index is 14.1. The summed E-state index contributed by atoms with van der Waals surface area (Å²) in [5.41, 5.74) is 0.874. The van der Waals surface area contributed by atoms with Gasteiger partial charge in [-0.2, -0.15) is 0 Å². The molecule has 4 heteroatoms. The number of nitrogens with zero attached hydrogens (tertiary/aromatic N) is 1. The zero-order chi connectivity index (χ0) is 20.7. The van der Waals surface area contributed by atoms with Crippen LogP contribution in [0.2, 0.25) is 0 Å². The molecule has 2 aromatic rings. The second-order valence-corrected chi connectivity index (χ2v) is 7.89. The van der Waals surface area contributed by atoms with E-state index in [4.69, 9.17) is 0 Å². The second-order valence-electron chi connectivity index (χ2n) is 7.89. The summed E-state index contributed by atoms with van der Waals surface area (Å²) in [6, 6.07) is 13.9. The van der Waals surface area contributed by atoms with Crippen molar-refractivity contribution in [2.75, 3.05) is 13.1 Å². The molecule has 1 amide bonds. The number of aromatic hydroxyl groups is 2. The Morgan fingerprint density at radius 3 is 1.57 bits per heavy atom. The van der Waals surface area contributed by atoms with Crippen LogP contribution in [0, 0.1) is 5.92 Å². The highest BCUT2D eigenvalue weighted by atomic mass is 16.3. The van der Waals surface area contributed by atoms with Crippen molar-refractivity contribution < 1.29 is 15.0 Å². The number of amides is 1. The largest absolute Gasteiger partial charge is 0.508 e. The van der Waals surface area contributed by atoms with Gasteiger partial charge in [-0.3, -0.25) is 4.79 Å². The van der Waals surface area contributed by atoms with Crippen molar-refractivity contribution in [1.29, 1.82) is 0 Å². The summed E-state index contributed by atoms with van der Waals surface area (Å²) in [4.78, 5) is 16.0. The fourth-order valence-electron chi connectivity index (χ4n) is 3.97. The van der Waals surface area contributed by atoms with Crippen molar-refractivity contribution in [3.05, 3.63) is 59.7 Å². The van der Waals surface area contributed by atoms with Crippen molar-refractivity contribution in [3.63, 3.8) is 0 Å². The van der Waals surface area contributed by atoms with Gasteiger partial charge >= 0.3 is 0 Å². The number of hydrogen-bond acceptors (Lipinski definition) is 3.